The van der Waals surface area contributed by atoms with E-state index >= 15 is 0 Å². The third-order valence-corrected chi connectivity index (χ3v) is 3.90. The normalized spacial score (nSPS) is 19.7. The summed E-state index contributed by atoms with van der Waals surface area (Å²) in [6.07, 6.45) is 2.50. The smallest absolute Gasteiger partial charge is 0.328 e. The van der Waals surface area contributed by atoms with Crippen LogP contribution in [0.2, 0.25) is 0 Å². The van der Waals surface area contributed by atoms with E-state index in [0.29, 0.717) is 23.5 Å². The van der Waals surface area contributed by atoms with Crippen LogP contribution < -0.4 is 0 Å². The number of methoxy groups -OCH3 is 1. The summed E-state index contributed by atoms with van der Waals surface area (Å²) in [4.78, 5) is 26.1. The molecule has 1 atom stereocenters. The van der Waals surface area contributed by atoms with E-state index in [9.17, 15) is 9.59 Å². The van der Waals surface area contributed by atoms with E-state index in [-0.39, 0.29) is 11.9 Å². The highest BCUT2D eigenvalue weighted by molar-refractivity contribution is 7.07. The fourth-order valence-corrected chi connectivity index (χ4v) is 2.73. The second-order valence-electron chi connectivity index (χ2n) is 4.22. The van der Waals surface area contributed by atoms with Gasteiger partial charge in [0.05, 0.1) is 12.8 Å². The van der Waals surface area contributed by atoms with Gasteiger partial charge >= 0.3 is 5.97 Å². The van der Waals surface area contributed by atoms with Crippen molar-refractivity contribution < 1.29 is 14.3 Å². The molecule has 0 spiro atoms. The van der Waals surface area contributed by atoms with Gasteiger partial charge in [0.15, 0.2) is 0 Å². The number of rotatable bonds is 2. The Morgan fingerprint density at radius 2 is 2.22 bits per heavy atom. The molecule has 0 aliphatic carbocycles. The number of carbonyl (C=O) groups is 2. The van der Waals surface area contributed by atoms with Crippen molar-refractivity contribution in [2.24, 2.45) is 0 Å². The van der Waals surface area contributed by atoms with Gasteiger partial charge in [-0.1, -0.05) is 4.49 Å². The van der Waals surface area contributed by atoms with E-state index in [4.69, 9.17) is 4.74 Å². The van der Waals surface area contributed by atoms with Gasteiger partial charge in [0.25, 0.3) is 5.91 Å². The van der Waals surface area contributed by atoms with Gasteiger partial charge in [0.2, 0.25) is 0 Å². The number of esters is 1. The SMILES string of the molecule is COC(=O)C1CCCCN1C(=O)c1snnc1C. The van der Waals surface area contributed by atoms with Gasteiger partial charge in [0, 0.05) is 6.54 Å². The van der Waals surface area contributed by atoms with Crippen LogP contribution in [0.5, 0.6) is 0 Å². The maximum Gasteiger partial charge on any atom is 0.328 e. The summed E-state index contributed by atoms with van der Waals surface area (Å²) >= 11 is 1.07. The van der Waals surface area contributed by atoms with Crippen molar-refractivity contribution in [3.8, 4) is 0 Å². The summed E-state index contributed by atoms with van der Waals surface area (Å²) in [6.45, 7) is 2.32. The molecule has 1 aromatic heterocycles. The quantitative estimate of drug-likeness (QED) is 0.749. The van der Waals surface area contributed by atoms with E-state index in [0.717, 1.165) is 24.4 Å². The molecule has 1 saturated heterocycles. The number of amides is 1. The average molecular weight is 269 g/mol. The lowest BCUT2D eigenvalue weighted by Crippen LogP contribution is -2.48. The molecule has 0 aromatic carbocycles. The molecule has 1 aliphatic heterocycles. The number of ether oxygens (including phenoxy) is 1. The van der Waals surface area contributed by atoms with Crippen LogP contribution in [-0.4, -0.2) is 46.1 Å². The van der Waals surface area contributed by atoms with Crippen molar-refractivity contribution in [3.63, 3.8) is 0 Å². The molecule has 1 amide bonds. The van der Waals surface area contributed by atoms with E-state index < -0.39 is 6.04 Å². The number of carbonyl (C=O) groups excluding carboxylic acids is 2. The minimum Gasteiger partial charge on any atom is -0.467 e. The monoisotopic (exact) mass is 269 g/mol. The standard InChI is InChI=1S/C11H15N3O3S/c1-7-9(18-13-12-7)10(15)14-6-4-3-5-8(14)11(16)17-2/h8H,3-6H2,1-2H3. The van der Waals surface area contributed by atoms with Crippen LogP contribution in [0, 0.1) is 6.92 Å². The summed E-state index contributed by atoms with van der Waals surface area (Å²) in [5.41, 5.74) is 0.610. The number of aryl methyl sites for hydroxylation is 1. The Labute approximate surface area is 109 Å². The fraction of sp³-hybridized carbons (Fsp3) is 0.636. The molecule has 18 heavy (non-hydrogen) atoms. The lowest BCUT2D eigenvalue weighted by Gasteiger charge is -2.33. The zero-order valence-corrected chi connectivity index (χ0v) is 11.2. The molecule has 1 aliphatic rings. The summed E-state index contributed by atoms with van der Waals surface area (Å²) in [5.74, 6) is -0.518. The second-order valence-corrected chi connectivity index (χ2v) is 4.97. The Morgan fingerprint density at radius 3 is 2.83 bits per heavy atom. The third kappa shape index (κ3) is 2.35. The van der Waals surface area contributed by atoms with Crippen molar-refractivity contribution in [2.75, 3.05) is 13.7 Å². The maximum absolute atomic E-state index is 12.4. The average Bonchev–Trinajstić information content (AvgIpc) is 2.83. The van der Waals surface area contributed by atoms with Crippen molar-refractivity contribution in [2.45, 2.75) is 32.2 Å². The molecule has 0 saturated carbocycles. The summed E-state index contributed by atoms with van der Waals surface area (Å²) in [5, 5.41) is 3.83. The molecule has 0 bridgehead atoms. The fourth-order valence-electron chi connectivity index (χ4n) is 2.11. The van der Waals surface area contributed by atoms with Crippen LogP contribution in [0.25, 0.3) is 0 Å². The number of aromatic nitrogens is 2. The van der Waals surface area contributed by atoms with Gasteiger partial charge in [-0.15, -0.1) is 5.10 Å². The van der Waals surface area contributed by atoms with Crippen molar-refractivity contribution in [1.29, 1.82) is 0 Å². The van der Waals surface area contributed by atoms with Gasteiger partial charge in [-0.2, -0.15) is 0 Å². The summed E-state index contributed by atoms with van der Waals surface area (Å²) in [7, 11) is 1.35. The Hall–Kier alpha value is -1.50. The molecule has 1 unspecified atom stereocenters. The van der Waals surface area contributed by atoms with E-state index in [2.05, 4.69) is 9.59 Å². The van der Waals surface area contributed by atoms with Gasteiger partial charge in [0.1, 0.15) is 10.9 Å². The maximum atomic E-state index is 12.4. The lowest BCUT2D eigenvalue weighted by atomic mass is 10.0. The topological polar surface area (TPSA) is 72.4 Å². The van der Waals surface area contributed by atoms with Crippen LogP contribution >= 0.6 is 11.5 Å². The van der Waals surface area contributed by atoms with Gasteiger partial charge in [-0.05, 0) is 37.7 Å². The molecule has 7 heteroatoms. The van der Waals surface area contributed by atoms with Gasteiger partial charge in [-0.25, -0.2) is 4.79 Å². The number of nitrogens with zero attached hydrogens (tertiary/aromatic N) is 3. The van der Waals surface area contributed by atoms with Crippen LogP contribution in [-0.2, 0) is 9.53 Å². The van der Waals surface area contributed by atoms with E-state index in [1.165, 1.54) is 7.11 Å². The molecule has 1 fully saturated rings. The third-order valence-electron chi connectivity index (χ3n) is 3.08. The zero-order chi connectivity index (χ0) is 13.1. The molecule has 2 heterocycles. The Balaban J connectivity index is 2.21. The highest BCUT2D eigenvalue weighted by Gasteiger charge is 2.34. The van der Waals surface area contributed by atoms with Crippen LogP contribution in [0.1, 0.15) is 34.6 Å². The molecule has 0 radical (unpaired) electrons. The molecule has 6 nitrogen and oxygen atoms in total. The number of piperidine rings is 1. The number of hydrogen-bond donors (Lipinski definition) is 0. The van der Waals surface area contributed by atoms with Crippen LogP contribution in [0.3, 0.4) is 0 Å². The molecule has 2 rings (SSSR count). The Kier molecular flexibility index (Phi) is 3.90. The highest BCUT2D eigenvalue weighted by atomic mass is 32.1. The van der Waals surface area contributed by atoms with Gasteiger partial charge < -0.3 is 9.64 Å². The number of hydrogen-bond acceptors (Lipinski definition) is 6. The minimum absolute atomic E-state index is 0.169. The van der Waals surface area contributed by atoms with Gasteiger partial charge in [-0.3, -0.25) is 4.79 Å². The summed E-state index contributed by atoms with van der Waals surface area (Å²) < 4.78 is 8.51. The first-order chi connectivity index (χ1) is 8.65. The minimum atomic E-state index is -0.474. The largest absolute Gasteiger partial charge is 0.467 e. The Morgan fingerprint density at radius 1 is 1.44 bits per heavy atom. The van der Waals surface area contributed by atoms with Crippen molar-refractivity contribution in [3.05, 3.63) is 10.6 Å². The van der Waals surface area contributed by atoms with Crippen LogP contribution in [0.4, 0.5) is 0 Å². The zero-order valence-electron chi connectivity index (χ0n) is 10.4. The summed E-state index contributed by atoms with van der Waals surface area (Å²) in [6, 6.07) is -0.474. The Bertz CT molecular complexity index is 460. The second kappa shape index (κ2) is 5.43. The van der Waals surface area contributed by atoms with E-state index in [1.54, 1.807) is 11.8 Å². The molecular formula is C11H15N3O3S. The molecular weight excluding hydrogens is 254 g/mol. The first kappa shape index (κ1) is 12.9. The molecule has 1 aromatic rings. The first-order valence-electron chi connectivity index (χ1n) is 5.83. The lowest BCUT2D eigenvalue weighted by molar-refractivity contribution is -0.147. The molecule has 0 N–H and O–H groups in total. The van der Waals surface area contributed by atoms with Crippen molar-refractivity contribution in [1.82, 2.24) is 14.5 Å². The van der Waals surface area contributed by atoms with Crippen molar-refractivity contribution >= 4 is 23.4 Å². The van der Waals surface area contributed by atoms with Crippen LogP contribution in [0.15, 0.2) is 0 Å². The predicted octanol–water partition coefficient (Wildman–Crippen LogP) is 1.01. The molecule has 98 valence electrons. The number of likely N-dealkylation sites (tertiary alicyclic amines) is 1. The predicted molar refractivity (Wildman–Crippen MR) is 65.3 cm³/mol. The first-order valence-corrected chi connectivity index (χ1v) is 6.60. The highest BCUT2D eigenvalue weighted by Crippen LogP contribution is 2.22. The van der Waals surface area contributed by atoms with E-state index in [1.807, 2.05) is 0 Å².